The van der Waals surface area contributed by atoms with Crippen LogP contribution in [0, 0.1) is 0 Å². The van der Waals surface area contributed by atoms with Gasteiger partial charge in [0.25, 0.3) is 5.56 Å². The van der Waals surface area contributed by atoms with Crippen molar-refractivity contribution < 1.29 is 13.2 Å². The van der Waals surface area contributed by atoms with Gasteiger partial charge in [-0.25, -0.2) is 9.97 Å². The highest BCUT2D eigenvalue weighted by Gasteiger charge is 2.34. The van der Waals surface area contributed by atoms with Crippen LogP contribution in [0.25, 0.3) is 5.65 Å². The molecular weight excluding hydrogens is 373 g/mol. The van der Waals surface area contributed by atoms with Gasteiger partial charge in [-0.15, -0.1) is 0 Å². The molecule has 148 valence electrons. The number of hydrogen-bond donors (Lipinski definition) is 0. The molecule has 1 saturated heterocycles. The van der Waals surface area contributed by atoms with Crippen LogP contribution in [-0.2, 0) is 19.8 Å². The van der Waals surface area contributed by atoms with Crippen molar-refractivity contribution in [3.8, 4) is 0 Å². The van der Waals surface area contributed by atoms with Gasteiger partial charge in [0.2, 0.25) is 0 Å². The van der Waals surface area contributed by atoms with E-state index in [0.717, 1.165) is 11.8 Å². The molecule has 4 rings (SSSR count). The molecule has 3 aromatic rings. The Morgan fingerprint density at radius 3 is 2.57 bits per heavy atom. The summed E-state index contributed by atoms with van der Waals surface area (Å²) in [6.07, 6.45) is 1.18. The van der Waals surface area contributed by atoms with Crippen molar-refractivity contribution in [3.05, 3.63) is 58.5 Å². The normalized spacial score (nSPS) is 16.1. The summed E-state index contributed by atoms with van der Waals surface area (Å²) in [5.74, 6) is 0.450. The molecule has 7 nitrogen and oxygen atoms in total. The van der Waals surface area contributed by atoms with E-state index in [-0.39, 0.29) is 11.2 Å². The third kappa shape index (κ3) is 3.59. The zero-order chi connectivity index (χ0) is 19.9. The van der Waals surface area contributed by atoms with E-state index < -0.39 is 11.9 Å². The molecule has 0 amide bonds. The lowest BCUT2D eigenvalue weighted by Gasteiger charge is -2.35. The standard InChI is InChI=1S/C18H19F3N6O/c1-24-4-2-13(10-15(24)28)11-25-6-8-26(9-7-25)16-17-23-14(18(19,20)21)12-27(17)5-3-22-16/h2-5,10,12H,6-9,11H2,1H3. The number of aryl methyl sites for hydroxylation is 1. The smallest absolute Gasteiger partial charge is 0.351 e. The van der Waals surface area contributed by atoms with E-state index in [1.807, 2.05) is 11.0 Å². The number of hydrogen-bond acceptors (Lipinski definition) is 5. The van der Waals surface area contributed by atoms with Crippen LogP contribution in [0.4, 0.5) is 19.0 Å². The van der Waals surface area contributed by atoms with E-state index in [4.69, 9.17) is 0 Å². The third-order valence-electron chi connectivity index (χ3n) is 4.89. The average Bonchev–Trinajstić information content (AvgIpc) is 3.10. The van der Waals surface area contributed by atoms with Gasteiger partial charge in [-0.2, -0.15) is 13.2 Å². The molecule has 1 aliphatic rings. The van der Waals surface area contributed by atoms with Crippen LogP contribution in [0.15, 0.2) is 41.7 Å². The number of nitrogens with zero attached hydrogens (tertiary/aromatic N) is 6. The fraction of sp³-hybridized carbons (Fsp3) is 0.389. The van der Waals surface area contributed by atoms with Gasteiger partial charge in [-0.05, 0) is 11.6 Å². The van der Waals surface area contributed by atoms with E-state index in [0.29, 0.717) is 38.5 Å². The van der Waals surface area contributed by atoms with E-state index in [9.17, 15) is 18.0 Å². The minimum Gasteiger partial charge on any atom is -0.351 e. The Labute approximate surface area is 158 Å². The second-order valence-corrected chi connectivity index (χ2v) is 6.85. The Bertz CT molecular complexity index is 1050. The molecular formula is C18H19F3N6O. The van der Waals surface area contributed by atoms with E-state index in [1.54, 1.807) is 19.3 Å². The summed E-state index contributed by atoms with van der Waals surface area (Å²) in [5.41, 5.74) is 0.174. The first-order valence-corrected chi connectivity index (χ1v) is 8.85. The summed E-state index contributed by atoms with van der Waals surface area (Å²) < 4.78 is 41.8. The van der Waals surface area contributed by atoms with Gasteiger partial charge >= 0.3 is 6.18 Å². The Morgan fingerprint density at radius 1 is 1.14 bits per heavy atom. The molecule has 0 bridgehead atoms. The molecule has 3 aromatic heterocycles. The van der Waals surface area contributed by atoms with Gasteiger partial charge in [0.05, 0.1) is 0 Å². The number of aromatic nitrogens is 4. The molecule has 10 heteroatoms. The monoisotopic (exact) mass is 392 g/mol. The molecule has 0 radical (unpaired) electrons. The highest BCUT2D eigenvalue weighted by Crippen LogP contribution is 2.30. The first kappa shape index (κ1) is 18.5. The number of imidazole rings is 1. The van der Waals surface area contributed by atoms with Crippen LogP contribution in [0.5, 0.6) is 0 Å². The maximum Gasteiger partial charge on any atom is 0.434 e. The van der Waals surface area contributed by atoms with E-state index in [1.165, 1.54) is 21.4 Å². The summed E-state index contributed by atoms with van der Waals surface area (Å²) in [5, 5.41) is 0. The Balaban J connectivity index is 1.48. The minimum absolute atomic E-state index is 0.0493. The Kier molecular flexibility index (Phi) is 4.58. The lowest BCUT2D eigenvalue weighted by Crippen LogP contribution is -2.46. The molecule has 0 aliphatic carbocycles. The highest BCUT2D eigenvalue weighted by molar-refractivity contribution is 5.64. The molecule has 4 heterocycles. The van der Waals surface area contributed by atoms with Crippen molar-refractivity contribution in [3.63, 3.8) is 0 Å². The second-order valence-electron chi connectivity index (χ2n) is 6.85. The van der Waals surface area contributed by atoms with Gasteiger partial charge in [-0.1, -0.05) is 0 Å². The molecule has 0 saturated carbocycles. The fourth-order valence-corrected chi connectivity index (χ4v) is 3.33. The summed E-state index contributed by atoms with van der Waals surface area (Å²) in [4.78, 5) is 23.9. The SMILES string of the molecule is Cn1ccc(CN2CCN(c3nccn4cc(C(F)(F)F)nc34)CC2)cc1=O. The third-order valence-corrected chi connectivity index (χ3v) is 4.89. The largest absolute Gasteiger partial charge is 0.434 e. The predicted molar refractivity (Wildman–Crippen MR) is 97.2 cm³/mol. The number of fused-ring (bicyclic) bond motifs is 1. The predicted octanol–water partition coefficient (Wildman–Crippen LogP) is 1.77. The van der Waals surface area contributed by atoms with Crippen LogP contribution in [0.3, 0.4) is 0 Å². The van der Waals surface area contributed by atoms with E-state index >= 15 is 0 Å². The van der Waals surface area contributed by atoms with Crippen molar-refractivity contribution in [2.45, 2.75) is 12.7 Å². The number of halogens is 3. The maximum atomic E-state index is 13.0. The molecule has 0 aromatic carbocycles. The summed E-state index contributed by atoms with van der Waals surface area (Å²) >= 11 is 0. The summed E-state index contributed by atoms with van der Waals surface area (Å²) in [6.45, 7) is 3.32. The number of anilines is 1. The molecule has 1 fully saturated rings. The molecule has 0 N–H and O–H groups in total. The van der Waals surface area contributed by atoms with Crippen LogP contribution >= 0.6 is 0 Å². The van der Waals surface area contributed by atoms with E-state index in [2.05, 4.69) is 14.9 Å². The van der Waals surface area contributed by atoms with Crippen LogP contribution in [0.2, 0.25) is 0 Å². The average molecular weight is 392 g/mol. The van der Waals surface area contributed by atoms with Gasteiger partial charge < -0.3 is 13.9 Å². The number of piperazine rings is 1. The Morgan fingerprint density at radius 2 is 1.89 bits per heavy atom. The first-order valence-electron chi connectivity index (χ1n) is 8.85. The van der Waals surface area contributed by atoms with Crippen molar-refractivity contribution >= 4 is 11.5 Å². The quantitative estimate of drug-likeness (QED) is 0.680. The molecule has 1 aliphatic heterocycles. The number of rotatable bonds is 3. The zero-order valence-electron chi connectivity index (χ0n) is 15.2. The van der Waals surface area contributed by atoms with Crippen molar-refractivity contribution in [1.29, 1.82) is 0 Å². The number of pyridine rings is 1. The minimum atomic E-state index is -4.49. The van der Waals surface area contributed by atoms with Crippen LogP contribution in [-0.4, -0.2) is 50.0 Å². The first-order chi connectivity index (χ1) is 13.3. The second kappa shape index (κ2) is 6.93. The maximum absolute atomic E-state index is 13.0. The molecule has 28 heavy (non-hydrogen) atoms. The number of alkyl halides is 3. The van der Waals surface area contributed by atoms with Crippen LogP contribution in [0.1, 0.15) is 11.3 Å². The van der Waals surface area contributed by atoms with Gasteiger partial charge in [0, 0.05) is 70.6 Å². The van der Waals surface area contributed by atoms with Crippen LogP contribution < -0.4 is 10.5 Å². The Hall–Kier alpha value is -2.88. The van der Waals surface area contributed by atoms with Crippen molar-refractivity contribution in [2.24, 2.45) is 7.05 Å². The lowest BCUT2D eigenvalue weighted by atomic mass is 10.2. The molecule has 0 atom stereocenters. The zero-order valence-corrected chi connectivity index (χ0v) is 15.2. The molecule has 0 spiro atoms. The van der Waals surface area contributed by atoms with Gasteiger partial charge in [0.15, 0.2) is 17.2 Å². The highest BCUT2D eigenvalue weighted by atomic mass is 19.4. The molecule has 0 unspecified atom stereocenters. The van der Waals surface area contributed by atoms with Crippen molar-refractivity contribution in [2.75, 3.05) is 31.1 Å². The summed E-state index contributed by atoms with van der Waals surface area (Å²) in [6, 6.07) is 3.54. The van der Waals surface area contributed by atoms with Crippen molar-refractivity contribution in [1.82, 2.24) is 23.8 Å². The topological polar surface area (TPSA) is 58.7 Å². The fourth-order valence-electron chi connectivity index (χ4n) is 3.33. The lowest BCUT2D eigenvalue weighted by molar-refractivity contribution is -0.140. The summed E-state index contributed by atoms with van der Waals surface area (Å²) in [7, 11) is 1.71. The van der Waals surface area contributed by atoms with Gasteiger partial charge in [-0.3, -0.25) is 9.69 Å². The van der Waals surface area contributed by atoms with Gasteiger partial charge in [0.1, 0.15) is 0 Å².